The van der Waals surface area contributed by atoms with Crippen molar-refractivity contribution in [1.82, 2.24) is 14.2 Å². The molecule has 4 nitrogen and oxygen atoms in total. The van der Waals surface area contributed by atoms with E-state index in [4.69, 9.17) is 0 Å². The topological polar surface area (TPSA) is 39.3 Å². The lowest BCUT2D eigenvalue weighted by atomic mass is 10.0. The first kappa shape index (κ1) is 12.8. The molecule has 2 heterocycles. The first-order valence-corrected chi connectivity index (χ1v) is 7.35. The molecule has 0 bridgehead atoms. The molecule has 0 amide bonds. The van der Waals surface area contributed by atoms with Crippen LogP contribution in [0.5, 0.6) is 0 Å². The Kier molecular flexibility index (Phi) is 2.82. The quantitative estimate of drug-likeness (QED) is 0.568. The van der Waals surface area contributed by atoms with Crippen molar-refractivity contribution in [3.63, 3.8) is 0 Å². The molecule has 0 fully saturated rings. The van der Waals surface area contributed by atoms with Gasteiger partial charge in [0.05, 0.1) is 5.69 Å². The fourth-order valence-corrected chi connectivity index (χ4v) is 2.86. The third-order valence-corrected chi connectivity index (χ3v) is 4.01. The summed E-state index contributed by atoms with van der Waals surface area (Å²) in [6.07, 6.45) is 3.60. The molecule has 0 unspecified atom stereocenters. The van der Waals surface area contributed by atoms with E-state index in [2.05, 4.69) is 23.3 Å². The summed E-state index contributed by atoms with van der Waals surface area (Å²) in [5.74, 6) is 0. The number of hydrogen-bond acceptors (Lipinski definition) is 2. The van der Waals surface area contributed by atoms with Crippen LogP contribution in [0.25, 0.3) is 27.5 Å². The van der Waals surface area contributed by atoms with E-state index in [0.717, 1.165) is 16.6 Å². The maximum Gasteiger partial charge on any atom is 0.276 e. The number of fused-ring (bicyclic) bond motifs is 2. The zero-order valence-corrected chi connectivity index (χ0v) is 12.2. The average molecular weight is 289 g/mol. The fraction of sp³-hybridized carbons (Fsp3) is 0.111. The van der Waals surface area contributed by atoms with Crippen molar-refractivity contribution in [2.45, 2.75) is 13.5 Å². The smallest absolute Gasteiger partial charge is 0.276 e. The van der Waals surface area contributed by atoms with Gasteiger partial charge in [-0.05, 0) is 23.8 Å². The Morgan fingerprint density at radius 1 is 1.05 bits per heavy atom. The van der Waals surface area contributed by atoms with Gasteiger partial charge in [0.2, 0.25) is 0 Å². The molecule has 2 aromatic carbocycles. The summed E-state index contributed by atoms with van der Waals surface area (Å²) in [4.78, 5) is 12.4. The minimum absolute atomic E-state index is 0.0102. The fourth-order valence-electron chi connectivity index (χ4n) is 2.86. The molecule has 0 saturated carbocycles. The van der Waals surface area contributed by atoms with Gasteiger partial charge in [-0.3, -0.25) is 4.79 Å². The standard InChI is InChI=1S/C18H15N3O/c1-2-20-10-11-21-17(18(20)22)12-16(19-21)15-9-5-7-13-6-3-4-8-14(13)15/h3-12H,2H2,1H3. The van der Waals surface area contributed by atoms with Crippen molar-refractivity contribution >= 4 is 16.3 Å². The van der Waals surface area contributed by atoms with Crippen LogP contribution in [-0.2, 0) is 6.54 Å². The second kappa shape index (κ2) is 4.84. The Morgan fingerprint density at radius 2 is 1.86 bits per heavy atom. The highest BCUT2D eigenvalue weighted by Gasteiger charge is 2.10. The maximum atomic E-state index is 12.4. The normalized spacial score (nSPS) is 11.3. The number of benzene rings is 2. The summed E-state index contributed by atoms with van der Waals surface area (Å²) < 4.78 is 3.34. The summed E-state index contributed by atoms with van der Waals surface area (Å²) in [5, 5.41) is 6.88. The van der Waals surface area contributed by atoms with Crippen LogP contribution >= 0.6 is 0 Å². The van der Waals surface area contributed by atoms with Crippen LogP contribution < -0.4 is 5.56 Å². The molecule has 108 valence electrons. The van der Waals surface area contributed by atoms with E-state index in [-0.39, 0.29) is 5.56 Å². The number of aryl methyl sites for hydroxylation is 1. The lowest BCUT2D eigenvalue weighted by Crippen LogP contribution is -2.20. The van der Waals surface area contributed by atoms with Gasteiger partial charge in [-0.1, -0.05) is 42.5 Å². The largest absolute Gasteiger partial charge is 0.312 e. The molecular formula is C18H15N3O. The van der Waals surface area contributed by atoms with Crippen LogP contribution in [0.1, 0.15) is 6.92 Å². The molecule has 0 N–H and O–H groups in total. The molecule has 0 saturated heterocycles. The van der Waals surface area contributed by atoms with E-state index in [9.17, 15) is 4.79 Å². The van der Waals surface area contributed by atoms with Crippen molar-refractivity contribution in [1.29, 1.82) is 0 Å². The van der Waals surface area contributed by atoms with Crippen LogP contribution in [-0.4, -0.2) is 14.2 Å². The molecule has 0 aliphatic rings. The summed E-state index contributed by atoms with van der Waals surface area (Å²) in [7, 11) is 0. The van der Waals surface area contributed by atoms with E-state index < -0.39 is 0 Å². The lowest BCUT2D eigenvalue weighted by Gasteiger charge is -2.02. The summed E-state index contributed by atoms with van der Waals surface area (Å²) >= 11 is 0. The number of hydrogen-bond donors (Lipinski definition) is 0. The van der Waals surface area contributed by atoms with E-state index in [1.54, 1.807) is 15.3 Å². The van der Waals surface area contributed by atoms with Crippen LogP contribution in [0.3, 0.4) is 0 Å². The van der Waals surface area contributed by atoms with E-state index in [1.807, 2.05) is 43.5 Å². The molecule has 4 heteroatoms. The molecular weight excluding hydrogens is 274 g/mol. The van der Waals surface area contributed by atoms with Gasteiger partial charge in [0, 0.05) is 24.5 Å². The first-order valence-electron chi connectivity index (χ1n) is 7.35. The first-order chi connectivity index (χ1) is 10.8. The molecule has 4 aromatic rings. The van der Waals surface area contributed by atoms with Gasteiger partial charge in [0.25, 0.3) is 5.56 Å². The van der Waals surface area contributed by atoms with Crippen LogP contribution in [0.15, 0.2) is 65.7 Å². The predicted molar refractivity (Wildman–Crippen MR) is 88.1 cm³/mol. The van der Waals surface area contributed by atoms with Gasteiger partial charge in [0.1, 0.15) is 5.52 Å². The van der Waals surface area contributed by atoms with Gasteiger partial charge in [-0.2, -0.15) is 5.10 Å². The van der Waals surface area contributed by atoms with Crippen molar-refractivity contribution in [2.24, 2.45) is 0 Å². The number of rotatable bonds is 2. The molecule has 22 heavy (non-hydrogen) atoms. The van der Waals surface area contributed by atoms with Crippen LogP contribution in [0, 0.1) is 0 Å². The van der Waals surface area contributed by atoms with Gasteiger partial charge in [0.15, 0.2) is 0 Å². The van der Waals surface area contributed by atoms with E-state index >= 15 is 0 Å². The Balaban J connectivity index is 2.01. The average Bonchev–Trinajstić information content (AvgIpc) is 2.99. The maximum absolute atomic E-state index is 12.4. The van der Waals surface area contributed by atoms with Crippen LogP contribution in [0.2, 0.25) is 0 Å². The predicted octanol–water partition coefficient (Wildman–Crippen LogP) is 3.34. The highest BCUT2D eigenvalue weighted by Crippen LogP contribution is 2.27. The molecule has 4 rings (SSSR count). The van der Waals surface area contributed by atoms with E-state index in [1.165, 1.54) is 5.39 Å². The molecule has 0 atom stereocenters. The summed E-state index contributed by atoms with van der Waals surface area (Å²) in [6, 6.07) is 16.2. The van der Waals surface area contributed by atoms with Gasteiger partial charge in [-0.15, -0.1) is 0 Å². The van der Waals surface area contributed by atoms with Crippen molar-refractivity contribution < 1.29 is 0 Å². The SMILES string of the molecule is CCn1ccn2nc(-c3cccc4ccccc34)cc2c1=O. The Morgan fingerprint density at radius 3 is 2.73 bits per heavy atom. The molecule has 0 radical (unpaired) electrons. The Labute approximate surface area is 127 Å². The summed E-state index contributed by atoms with van der Waals surface area (Å²) in [5.41, 5.74) is 2.46. The van der Waals surface area contributed by atoms with E-state index in [0.29, 0.717) is 12.1 Å². The van der Waals surface area contributed by atoms with Crippen molar-refractivity contribution in [3.8, 4) is 11.3 Å². The van der Waals surface area contributed by atoms with Crippen LogP contribution in [0.4, 0.5) is 0 Å². The number of nitrogens with zero attached hydrogens (tertiary/aromatic N) is 3. The Hall–Kier alpha value is -2.88. The molecule has 2 aromatic heterocycles. The van der Waals surface area contributed by atoms with Gasteiger partial charge >= 0.3 is 0 Å². The zero-order valence-electron chi connectivity index (χ0n) is 12.2. The minimum atomic E-state index is -0.0102. The highest BCUT2D eigenvalue weighted by molar-refractivity contribution is 5.96. The zero-order chi connectivity index (χ0) is 15.1. The minimum Gasteiger partial charge on any atom is -0.312 e. The molecule has 0 aliphatic carbocycles. The Bertz CT molecular complexity index is 1040. The molecule has 0 spiro atoms. The summed E-state index contributed by atoms with van der Waals surface area (Å²) in [6.45, 7) is 2.62. The second-order valence-electron chi connectivity index (χ2n) is 5.28. The second-order valence-corrected chi connectivity index (χ2v) is 5.28. The number of aromatic nitrogens is 3. The lowest BCUT2D eigenvalue weighted by molar-refractivity contribution is 0.715. The highest BCUT2D eigenvalue weighted by atomic mass is 16.1. The monoisotopic (exact) mass is 289 g/mol. The molecule has 0 aliphatic heterocycles. The third kappa shape index (κ3) is 1.84. The van der Waals surface area contributed by atoms with Gasteiger partial charge < -0.3 is 4.57 Å². The third-order valence-electron chi connectivity index (χ3n) is 4.01. The van der Waals surface area contributed by atoms with Gasteiger partial charge in [-0.25, -0.2) is 4.52 Å². The van der Waals surface area contributed by atoms with Crippen molar-refractivity contribution in [3.05, 3.63) is 71.3 Å². The van der Waals surface area contributed by atoms with Crippen molar-refractivity contribution in [2.75, 3.05) is 0 Å².